The molecule has 0 amide bonds. The third kappa shape index (κ3) is 5.33. The summed E-state index contributed by atoms with van der Waals surface area (Å²) in [7, 11) is 0. The Hall–Kier alpha value is -1.56. The lowest BCUT2D eigenvalue weighted by molar-refractivity contribution is 0.411. The van der Waals surface area contributed by atoms with Crippen LogP contribution in [0.1, 0.15) is 52.7 Å². The average molecular weight is 294 g/mol. The van der Waals surface area contributed by atoms with Gasteiger partial charge in [-0.25, -0.2) is 0 Å². The maximum absolute atomic E-state index is 2.35. The van der Waals surface area contributed by atoms with Crippen molar-refractivity contribution in [1.82, 2.24) is 0 Å². The number of hydrogen-bond donors (Lipinski definition) is 0. The molecule has 0 N–H and O–H groups in total. The molecule has 0 aliphatic carbocycles. The number of rotatable bonds is 3. The predicted molar refractivity (Wildman–Crippen MR) is 98.2 cm³/mol. The molecule has 0 atom stereocenters. The minimum atomic E-state index is 0.326. The molecule has 118 valence electrons. The first-order chi connectivity index (χ1) is 10.1. The minimum Gasteiger partial charge on any atom is -0.0614 e. The number of benzene rings is 2. The van der Waals surface area contributed by atoms with Crippen molar-refractivity contribution in [3.05, 3.63) is 59.7 Å². The lowest BCUT2D eigenvalue weighted by Crippen LogP contribution is -2.09. The van der Waals surface area contributed by atoms with Gasteiger partial charge in [-0.2, -0.15) is 0 Å². The SMILES string of the molecule is CC(C)(C)Cc1cccc(-c2cccc(CC(C)(C)C)c2)c1. The highest BCUT2D eigenvalue weighted by Crippen LogP contribution is 2.27. The monoisotopic (exact) mass is 294 g/mol. The average Bonchev–Trinajstić information content (AvgIpc) is 2.35. The van der Waals surface area contributed by atoms with E-state index in [1.54, 1.807) is 0 Å². The molecule has 2 aromatic rings. The Bertz CT molecular complexity index is 563. The van der Waals surface area contributed by atoms with Gasteiger partial charge in [0.2, 0.25) is 0 Å². The largest absolute Gasteiger partial charge is 0.0614 e. The van der Waals surface area contributed by atoms with Crippen LogP contribution in [0.5, 0.6) is 0 Å². The van der Waals surface area contributed by atoms with Crippen molar-refractivity contribution in [2.24, 2.45) is 10.8 Å². The molecule has 22 heavy (non-hydrogen) atoms. The van der Waals surface area contributed by atoms with Gasteiger partial charge in [0.25, 0.3) is 0 Å². The highest BCUT2D eigenvalue weighted by molar-refractivity contribution is 5.65. The van der Waals surface area contributed by atoms with Crippen molar-refractivity contribution in [3.63, 3.8) is 0 Å². The zero-order valence-corrected chi connectivity index (χ0v) is 15.0. The first kappa shape index (κ1) is 16.8. The summed E-state index contributed by atoms with van der Waals surface area (Å²) in [5.74, 6) is 0. The van der Waals surface area contributed by atoms with Gasteiger partial charge in [-0.3, -0.25) is 0 Å². The summed E-state index contributed by atoms with van der Waals surface area (Å²) in [5.41, 5.74) is 6.16. The van der Waals surface area contributed by atoms with Crippen LogP contribution in [0.25, 0.3) is 11.1 Å². The summed E-state index contributed by atoms with van der Waals surface area (Å²) < 4.78 is 0. The number of hydrogen-bond acceptors (Lipinski definition) is 0. The maximum atomic E-state index is 2.35. The van der Waals surface area contributed by atoms with Crippen LogP contribution >= 0.6 is 0 Å². The zero-order chi connectivity index (χ0) is 16.4. The second-order valence-corrected chi connectivity index (χ2v) is 8.88. The molecule has 0 unspecified atom stereocenters. The third-order valence-electron chi connectivity index (χ3n) is 3.66. The second kappa shape index (κ2) is 6.28. The maximum Gasteiger partial charge on any atom is -0.0181 e. The van der Waals surface area contributed by atoms with Gasteiger partial charge in [-0.1, -0.05) is 90.1 Å². The normalized spacial score (nSPS) is 12.5. The van der Waals surface area contributed by atoms with Crippen molar-refractivity contribution in [1.29, 1.82) is 0 Å². The van der Waals surface area contributed by atoms with E-state index in [9.17, 15) is 0 Å². The molecule has 0 radical (unpaired) electrons. The van der Waals surface area contributed by atoms with Gasteiger partial charge >= 0.3 is 0 Å². The van der Waals surface area contributed by atoms with Crippen LogP contribution in [-0.4, -0.2) is 0 Å². The molecular formula is C22H30. The molecule has 0 saturated heterocycles. The van der Waals surface area contributed by atoms with Crippen LogP contribution in [0, 0.1) is 10.8 Å². The summed E-state index contributed by atoms with van der Waals surface area (Å²) in [5, 5.41) is 0. The van der Waals surface area contributed by atoms with E-state index < -0.39 is 0 Å². The van der Waals surface area contributed by atoms with E-state index in [-0.39, 0.29) is 0 Å². The first-order valence-electron chi connectivity index (χ1n) is 8.31. The van der Waals surface area contributed by atoms with E-state index >= 15 is 0 Å². The van der Waals surface area contributed by atoms with Crippen LogP contribution in [0.15, 0.2) is 48.5 Å². The van der Waals surface area contributed by atoms with Gasteiger partial charge in [0.05, 0.1) is 0 Å². The standard InChI is InChI=1S/C22H30/c1-21(2,3)15-17-9-7-11-19(13-17)20-12-8-10-18(14-20)16-22(4,5)6/h7-14H,15-16H2,1-6H3. The molecule has 0 fully saturated rings. The zero-order valence-electron chi connectivity index (χ0n) is 15.0. The molecular weight excluding hydrogens is 264 g/mol. The van der Waals surface area contributed by atoms with Crippen molar-refractivity contribution in [2.45, 2.75) is 54.4 Å². The highest BCUT2D eigenvalue weighted by atomic mass is 14.2. The fourth-order valence-electron chi connectivity index (χ4n) is 2.95. The summed E-state index contributed by atoms with van der Waals surface area (Å²) in [6.07, 6.45) is 2.23. The minimum absolute atomic E-state index is 0.326. The summed E-state index contributed by atoms with van der Waals surface area (Å²) in [6, 6.07) is 18.0. The van der Waals surface area contributed by atoms with Gasteiger partial charge in [-0.15, -0.1) is 0 Å². The molecule has 2 aromatic carbocycles. The van der Waals surface area contributed by atoms with Crippen LogP contribution in [-0.2, 0) is 12.8 Å². The van der Waals surface area contributed by atoms with E-state index in [0.29, 0.717) is 10.8 Å². The van der Waals surface area contributed by atoms with Crippen LogP contribution in [0.4, 0.5) is 0 Å². The Balaban J connectivity index is 2.28. The molecule has 0 nitrogen and oxygen atoms in total. The van der Waals surface area contributed by atoms with Crippen LogP contribution < -0.4 is 0 Å². The molecule has 0 bridgehead atoms. The smallest absolute Gasteiger partial charge is 0.0181 e. The summed E-state index contributed by atoms with van der Waals surface area (Å²) in [6.45, 7) is 13.8. The molecule has 2 rings (SSSR count). The Kier molecular flexibility index (Phi) is 4.80. The molecule has 0 heteroatoms. The Labute approximate surface area is 136 Å². The van der Waals surface area contributed by atoms with Crippen molar-refractivity contribution < 1.29 is 0 Å². The molecule has 0 aromatic heterocycles. The van der Waals surface area contributed by atoms with Crippen molar-refractivity contribution >= 4 is 0 Å². The molecule has 0 spiro atoms. The Morgan fingerprint density at radius 3 is 1.27 bits per heavy atom. The molecule has 0 saturated carbocycles. The topological polar surface area (TPSA) is 0 Å². The Morgan fingerprint density at radius 2 is 0.955 bits per heavy atom. The quantitative estimate of drug-likeness (QED) is 0.603. The van der Waals surface area contributed by atoms with Gasteiger partial charge in [0, 0.05) is 0 Å². The molecule has 0 heterocycles. The third-order valence-corrected chi connectivity index (χ3v) is 3.66. The fourth-order valence-corrected chi connectivity index (χ4v) is 2.95. The van der Waals surface area contributed by atoms with Crippen molar-refractivity contribution in [2.75, 3.05) is 0 Å². The second-order valence-electron chi connectivity index (χ2n) is 8.88. The van der Waals surface area contributed by atoms with E-state index in [0.717, 1.165) is 12.8 Å². The van der Waals surface area contributed by atoms with Crippen molar-refractivity contribution in [3.8, 4) is 11.1 Å². The summed E-state index contributed by atoms with van der Waals surface area (Å²) in [4.78, 5) is 0. The van der Waals surface area contributed by atoms with Gasteiger partial charge < -0.3 is 0 Å². The van der Waals surface area contributed by atoms with Gasteiger partial charge in [0.1, 0.15) is 0 Å². The van der Waals surface area contributed by atoms with Gasteiger partial charge in [-0.05, 0) is 45.9 Å². The molecule has 0 aliphatic heterocycles. The highest BCUT2D eigenvalue weighted by Gasteiger charge is 2.13. The predicted octanol–water partition coefficient (Wildman–Crippen LogP) is 6.53. The lowest BCUT2D eigenvalue weighted by atomic mass is 9.86. The van der Waals surface area contributed by atoms with Crippen LogP contribution in [0.3, 0.4) is 0 Å². The summed E-state index contributed by atoms with van der Waals surface area (Å²) >= 11 is 0. The fraction of sp³-hybridized carbons (Fsp3) is 0.455. The van der Waals surface area contributed by atoms with Gasteiger partial charge in [0.15, 0.2) is 0 Å². The van der Waals surface area contributed by atoms with E-state index in [1.165, 1.54) is 22.3 Å². The lowest BCUT2D eigenvalue weighted by Gasteiger charge is -2.19. The molecule has 0 aliphatic rings. The first-order valence-corrected chi connectivity index (χ1v) is 8.31. The van der Waals surface area contributed by atoms with E-state index in [2.05, 4.69) is 90.1 Å². The van der Waals surface area contributed by atoms with Crippen LogP contribution in [0.2, 0.25) is 0 Å². The van der Waals surface area contributed by atoms with E-state index in [4.69, 9.17) is 0 Å². The Morgan fingerprint density at radius 1 is 0.591 bits per heavy atom. The van der Waals surface area contributed by atoms with E-state index in [1.807, 2.05) is 0 Å².